The van der Waals surface area contributed by atoms with Gasteiger partial charge >= 0.3 is 0 Å². The maximum atomic E-state index is 11.5. The molecule has 0 spiro atoms. The number of ether oxygens (including phenoxy) is 1. The van der Waals surface area contributed by atoms with Crippen molar-refractivity contribution in [3.8, 4) is 17.0 Å². The zero-order valence-corrected chi connectivity index (χ0v) is 12.7. The fraction of sp³-hybridized carbons (Fsp3) is 0.176. The third-order valence-electron chi connectivity index (χ3n) is 3.94. The summed E-state index contributed by atoms with van der Waals surface area (Å²) in [5, 5.41) is 2.82. The number of rotatable bonds is 2. The van der Waals surface area contributed by atoms with E-state index < -0.39 is 0 Å². The lowest BCUT2D eigenvalue weighted by molar-refractivity contribution is -0.118. The lowest BCUT2D eigenvalue weighted by Crippen LogP contribution is -2.25. The van der Waals surface area contributed by atoms with Crippen LogP contribution in [0.4, 0.5) is 5.69 Å². The highest BCUT2D eigenvalue weighted by Gasteiger charge is 2.19. The fourth-order valence-corrected chi connectivity index (χ4v) is 2.86. The summed E-state index contributed by atoms with van der Waals surface area (Å²) in [5.74, 6) is 0.515. The van der Waals surface area contributed by atoms with Crippen molar-refractivity contribution in [2.75, 3.05) is 11.9 Å². The molecule has 1 aliphatic rings. The van der Waals surface area contributed by atoms with Crippen molar-refractivity contribution < 1.29 is 9.53 Å². The van der Waals surface area contributed by atoms with Gasteiger partial charge in [-0.1, -0.05) is 6.07 Å². The Morgan fingerprint density at radius 3 is 3.04 bits per heavy atom. The number of nitrogens with zero attached hydrogens (tertiary/aromatic N) is 2. The minimum Gasteiger partial charge on any atom is -0.482 e. The number of nitrogens with two attached hydrogens (primary N) is 1. The molecule has 3 heterocycles. The van der Waals surface area contributed by atoms with Gasteiger partial charge in [0.25, 0.3) is 5.91 Å². The Morgan fingerprint density at radius 1 is 1.35 bits per heavy atom. The van der Waals surface area contributed by atoms with Crippen molar-refractivity contribution in [3.63, 3.8) is 0 Å². The summed E-state index contributed by atoms with van der Waals surface area (Å²) in [6.45, 7) is 2.46. The largest absolute Gasteiger partial charge is 0.482 e. The third kappa shape index (κ3) is 2.24. The molecule has 0 unspecified atom stereocenters. The summed E-state index contributed by atoms with van der Waals surface area (Å²) >= 11 is 0. The van der Waals surface area contributed by atoms with Crippen molar-refractivity contribution >= 4 is 17.2 Å². The number of amides is 1. The minimum absolute atomic E-state index is 0.0496. The number of imidazole rings is 1. The maximum absolute atomic E-state index is 11.5. The molecule has 6 nitrogen and oxygen atoms in total. The fourth-order valence-electron chi connectivity index (χ4n) is 2.86. The second-order valence-corrected chi connectivity index (χ2v) is 5.59. The summed E-state index contributed by atoms with van der Waals surface area (Å²) in [6, 6.07) is 9.65. The molecule has 0 aliphatic carbocycles. The van der Waals surface area contributed by atoms with Gasteiger partial charge in [-0.05, 0) is 36.8 Å². The molecular weight excluding hydrogens is 292 g/mol. The first kappa shape index (κ1) is 13.8. The van der Waals surface area contributed by atoms with Crippen LogP contribution in [-0.4, -0.2) is 21.9 Å². The number of aryl methyl sites for hydroxylation is 1. The normalized spacial score (nSPS) is 13.6. The van der Waals surface area contributed by atoms with Crippen LogP contribution in [0, 0.1) is 6.92 Å². The van der Waals surface area contributed by atoms with E-state index in [-0.39, 0.29) is 12.5 Å². The number of anilines is 1. The van der Waals surface area contributed by atoms with E-state index in [1.807, 2.05) is 47.9 Å². The predicted octanol–water partition coefficient (Wildman–Crippen LogP) is 2.10. The summed E-state index contributed by atoms with van der Waals surface area (Å²) in [4.78, 5) is 16.2. The van der Waals surface area contributed by atoms with Gasteiger partial charge in [0, 0.05) is 18.3 Å². The van der Waals surface area contributed by atoms with Crippen molar-refractivity contribution in [2.45, 2.75) is 13.5 Å². The highest BCUT2D eigenvalue weighted by atomic mass is 16.5. The van der Waals surface area contributed by atoms with Crippen LogP contribution in [-0.2, 0) is 11.3 Å². The molecule has 1 amide bonds. The van der Waals surface area contributed by atoms with Crippen molar-refractivity contribution in [1.82, 2.24) is 9.38 Å². The first-order valence-electron chi connectivity index (χ1n) is 7.40. The Morgan fingerprint density at radius 2 is 2.22 bits per heavy atom. The van der Waals surface area contributed by atoms with E-state index in [9.17, 15) is 4.79 Å². The van der Waals surface area contributed by atoms with Crippen LogP contribution >= 0.6 is 0 Å². The molecular formula is C17H16N4O2. The Hall–Kier alpha value is -2.86. The molecule has 0 bridgehead atoms. The van der Waals surface area contributed by atoms with Gasteiger partial charge in [-0.25, -0.2) is 4.98 Å². The number of pyridine rings is 1. The number of fused-ring (bicyclic) bond motifs is 2. The number of carbonyl (C=O) groups is 1. The van der Waals surface area contributed by atoms with Gasteiger partial charge in [0.1, 0.15) is 11.4 Å². The van der Waals surface area contributed by atoms with Crippen LogP contribution in [0.1, 0.15) is 11.3 Å². The van der Waals surface area contributed by atoms with E-state index in [4.69, 9.17) is 15.5 Å². The van der Waals surface area contributed by atoms with E-state index in [2.05, 4.69) is 5.32 Å². The molecule has 23 heavy (non-hydrogen) atoms. The maximum Gasteiger partial charge on any atom is 0.262 e. The van der Waals surface area contributed by atoms with Crippen molar-refractivity contribution in [1.29, 1.82) is 0 Å². The van der Waals surface area contributed by atoms with Crippen LogP contribution in [0.3, 0.4) is 0 Å². The van der Waals surface area contributed by atoms with Crippen molar-refractivity contribution in [3.05, 3.63) is 47.8 Å². The van der Waals surface area contributed by atoms with Gasteiger partial charge in [0.2, 0.25) is 0 Å². The SMILES string of the molecule is Cc1ccc2nc(-c3ccc4c(c3)NC(=O)CO4)c(CN)n2c1. The zero-order chi connectivity index (χ0) is 16.0. The molecule has 3 N–H and O–H groups in total. The van der Waals surface area contributed by atoms with E-state index in [0.29, 0.717) is 18.0 Å². The number of carbonyl (C=O) groups excluding carboxylic acids is 1. The topological polar surface area (TPSA) is 81.6 Å². The first-order chi connectivity index (χ1) is 11.2. The second kappa shape index (κ2) is 5.10. The van der Waals surface area contributed by atoms with Gasteiger partial charge in [-0.3, -0.25) is 4.79 Å². The van der Waals surface area contributed by atoms with Gasteiger partial charge < -0.3 is 20.2 Å². The van der Waals surface area contributed by atoms with Gasteiger partial charge in [-0.15, -0.1) is 0 Å². The Balaban J connectivity index is 1.89. The summed E-state index contributed by atoms with van der Waals surface area (Å²) in [5.41, 5.74) is 11.3. The van der Waals surface area contributed by atoms with E-state index in [1.165, 1.54) is 0 Å². The van der Waals surface area contributed by atoms with Crippen LogP contribution in [0.25, 0.3) is 16.9 Å². The molecule has 0 fully saturated rings. The highest BCUT2D eigenvalue weighted by Crippen LogP contribution is 2.33. The minimum atomic E-state index is -0.153. The second-order valence-electron chi connectivity index (χ2n) is 5.59. The molecule has 0 atom stereocenters. The molecule has 116 valence electrons. The average molecular weight is 308 g/mol. The number of hydrogen-bond donors (Lipinski definition) is 2. The standard InChI is InChI=1S/C17H16N4O2/c1-10-2-5-15-20-17(13(7-18)21(15)8-10)11-3-4-14-12(6-11)19-16(22)9-23-14/h2-6,8H,7,9,18H2,1H3,(H,19,22). The molecule has 6 heteroatoms. The average Bonchev–Trinajstić information content (AvgIpc) is 2.91. The van der Waals surface area contributed by atoms with E-state index in [1.54, 1.807) is 0 Å². The van der Waals surface area contributed by atoms with Crippen LogP contribution in [0.2, 0.25) is 0 Å². The van der Waals surface area contributed by atoms with E-state index >= 15 is 0 Å². The Kier molecular flexibility index (Phi) is 3.06. The molecule has 0 saturated carbocycles. The number of aromatic nitrogens is 2. The highest BCUT2D eigenvalue weighted by molar-refractivity contribution is 5.96. The van der Waals surface area contributed by atoms with Crippen molar-refractivity contribution in [2.24, 2.45) is 5.73 Å². The molecule has 1 aromatic carbocycles. The van der Waals surface area contributed by atoms with Gasteiger partial charge in [0.15, 0.2) is 6.61 Å². The van der Waals surface area contributed by atoms with Crippen LogP contribution in [0.15, 0.2) is 36.5 Å². The monoisotopic (exact) mass is 308 g/mol. The molecule has 2 aromatic heterocycles. The molecule has 0 radical (unpaired) electrons. The molecule has 4 rings (SSSR count). The quantitative estimate of drug-likeness (QED) is 0.759. The smallest absolute Gasteiger partial charge is 0.262 e. The van der Waals surface area contributed by atoms with Gasteiger partial charge in [-0.2, -0.15) is 0 Å². The predicted molar refractivity (Wildman–Crippen MR) is 87.4 cm³/mol. The number of hydrogen-bond acceptors (Lipinski definition) is 4. The third-order valence-corrected chi connectivity index (χ3v) is 3.94. The van der Waals surface area contributed by atoms with E-state index in [0.717, 1.165) is 28.2 Å². The molecule has 0 saturated heterocycles. The number of benzene rings is 1. The summed E-state index contributed by atoms with van der Waals surface area (Å²) < 4.78 is 7.41. The number of nitrogens with one attached hydrogen (secondary N) is 1. The first-order valence-corrected chi connectivity index (χ1v) is 7.40. The van der Waals surface area contributed by atoms with Crippen LogP contribution in [0.5, 0.6) is 5.75 Å². The lowest BCUT2D eigenvalue weighted by atomic mass is 10.1. The summed E-state index contributed by atoms with van der Waals surface area (Å²) in [7, 11) is 0. The Bertz CT molecular complexity index is 930. The Labute approximate surface area is 132 Å². The molecule has 3 aromatic rings. The zero-order valence-electron chi connectivity index (χ0n) is 12.7. The summed E-state index contributed by atoms with van der Waals surface area (Å²) in [6.07, 6.45) is 2.03. The molecule has 1 aliphatic heterocycles. The van der Waals surface area contributed by atoms with Gasteiger partial charge in [0.05, 0.1) is 17.1 Å². The van der Waals surface area contributed by atoms with Crippen LogP contribution < -0.4 is 15.8 Å². The lowest BCUT2D eigenvalue weighted by Gasteiger charge is -2.18.